The van der Waals surface area contributed by atoms with Gasteiger partial charge in [0.05, 0.1) is 18.8 Å². The Hall–Kier alpha value is -3.00. The van der Waals surface area contributed by atoms with Gasteiger partial charge in [0.2, 0.25) is 0 Å². The molecule has 1 atom stereocenters. The van der Waals surface area contributed by atoms with Gasteiger partial charge in [0.1, 0.15) is 5.82 Å². The summed E-state index contributed by atoms with van der Waals surface area (Å²) in [6.45, 7) is 1.47. The molecule has 8 heteroatoms. The van der Waals surface area contributed by atoms with Gasteiger partial charge in [-0.1, -0.05) is 6.07 Å². The lowest BCUT2D eigenvalue weighted by Gasteiger charge is -2.11. The van der Waals surface area contributed by atoms with E-state index in [1.54, 1.807) is 30.3 Å². The molecule has 1 aromatic carbocycles. The van der Waals surface area contributed by atoms with E-state index in [4.69, 9.17) is 4.74 Å². The van der Waals surface area contributed by atoms with Gasteiger partial charge in [0.25, 0.3) is 5.91 Å². The number of rotatable bonds is 6. The Balaban J connectivity index is 1.58. The molecule has 2 aromatic rings. The van der Waals surface area contributed by atoms with E-state index < -0.39 is 11.9 Å². The molecule has 0 spiro atoms. The first-order valence-electron chi connectivity index (χ1n) is 8.34. The standard InChI is InChI=1S/C18H20N4O4/c1-25-18(24)12-4-2-5-13(10-12)20-17(23)15-7-8-16(22-21-15)19-11-14-6-3-9-26-14/h2,4-5,7-8,10,14H,3,6,9,11H2,1H3,(H,19,22)(H,20,23). The van der Waals surface area contributed by atoms with Gasteiger partial charge in [-0.3, -0.25) is 4.79 Å². The first-order valence-corrected chi connectivity index (χ1v) is 8.34. The van der Waals surface area contributed by atoms with Crippen LogP contribution in [0.2, 0.25) is 0 Å². The van der Waals surface area contributed by atoms with Crippen molar-refractivity contribution in [3.63, 3.8) is 0 Å². The predicted molar refractivity (Wildman–Crippen MR) is 95.2 cm³/mol. The molecule has 1 aliphatic rings. The number of aromatic nitrogens is 2. The molecule has 8 nitrogen and oxygen atoms in total. The van der Waals surface area contributed by atoms with Crippen molar-refractivity contribution >= 4 is 23.4 Å². The molecule has 1 fully saturated rings. The minimum Gasteiger partial charge on any atom is -0.465 e. The van der Waals surface area contributed by atoms with Crippen LogP contribution >= 0.6 is 0 Å². The third-order valence-electron chi connectivity index (χ3n) is 3.97. The van der Waals surface area contributed by atoms with E-state index in [1.165, 1.54) is 13.2 Å². The number of ether oxygens (including phenoxy) is 2. The van der Waals surface area contributed by atoms with Crippen molar-refractivity contribution in [1.82, 2.24) is 10.2 Å². The molecule has 1 aromatic heterocycles. The average molecular weight is 356 g/mol. The van der Waals surface area contributed by atoms with Gasteiger partial charge in [-0.25, -0.2) is 4.79 Å². The number of anilines is 2. The molecule has 0 saturated carbocycles. The molecule has 0 radical (unpaired) electrons. The van der Waals surface area contributed by atoms with Crippen molar-refractivity contribution in [2.24, 2.45) is 0 Å². The fourth-order valence-electron chi connectivity index (χ4n) is 2.61. The van der Waals surface area contributed by atoms with E-state index in [9.17, 15) is 9.59 Å². The summed E-state index contributed by atoms with van der Waals surface area (Å²) in [7, 11) is 1.30. The van der Waals surface area contributed by atoms with Gasteiger partial charge in [0.15, 0.2) is 5.69 Å². The van der Waals surface area contributed by atoms with E-state index in [2.05, 4.69) is 25.6 Å². The maximum atomic E-state index is 12.3. The minimum absolute atomic E-state index is 0.177. The highest BCUT2D eigenvalue weighted by Crippen LogP contribution is 2.14. The summed E-state index contributed by atoms with van der Waals surface area (Å²) in [6, 6.07) is 9.76. The summed E-state index contributed by atoms with van der Waals surface area (Å²) in [4.78, 5) is 23.8. The summed E-state index contributed by atoms with van der Waals surface area (Å²) in [5, 5.41) is 13.8. The Kier molecular flexibility index (Phi) is 5.75. The van der Waals surface area contributed by atoms with Crippen molar-refractivity contribution in [2.75, 3.05) is 30.9 Å². The van der Waals surface area contributed by atoms with Crippen molar-refractivity contribution < 1.29 is 19.1 Å². The monoisotopic (exact) mass is 356 g/mol. The third kappa shape index (κ3) is 4.54. The molecule has 1 saturated heterocycles. The lowest BCUT2D eigenvalue weighted by Crippen LogP contribution is -2.20. The lowest BCUT2D eigenvalue weighted by atomic mass is 10.2. The van der Waals surface area contributed by atoms with Gasteiger partial charge in [0, 0.05) is 18.8 Å². The molecule has 1 aliphatic heterocycles. The molecule has 3 rings (SSSR count). The molecule has 2 N–H and O–H groups in total. The fourth-order valence-corrected chi connectivity index (χ4v) is 2.61. The Bertz CT molecular complexity index is 773. The van der Waals surface area contributed by atoms with Crippen LogP contribution in [0.5, 0.6) is 0 Å². The van der Waals surface area contributed by atoms with Crippen molar-refractivity contribution in [2.45, 2.75) is 18.9 Å². The number of amides is 1. The molecule has 26 heavy (non-hydrogen) atoms. The van der Waals surface area contributed by atoms with E-state index in [0.29, 0.717) is 23.6 Å². The average Bonchev–Trinajstić information content (AvgIpc) is 3.20. The second-order valence-electron chi connectivity index (χ2n) is 5.85. The van der Waals surface area contributed by atoms with Crippen LogP contribution < -0.4 is 10.6 Å². The molecule has 136 valence electrons. The number of hydrogen-bond donors (Lipinski definition) is 2. The van der Waals surface area contributed by atoms with Crippen molar-refractivity contribution in [3.8, 4) is 0 Å². The second-order valence-corrected chi connectivity index (χ2v) is 5.85. The largest absolute Gasteiger partial charge is 0.465 e. The quantitative estimate of drug-likeness (QED) is 0.764. The Morgan fingerprint density at radius 1 is 1.27 bits per heavy atom. The van der Waals surface area contributed by atoms with E-state index in [1.807, 2.05) is 0 Å². The highest BCUT2D eigenvalue weighted by Gasteiger charge is 2.15. The summed E-state index contributed by atoms with van der Waals surface area (Å²) in [6.07, 6.45) is 2.31. The maximum Gasteiger partial charge on any atom is 0.337 e. The number of carbonyl (C=O) groups is 2. The zero-order valence-corrected chi connectivity index (χ0v) is 14.4. The highest BCUT2D eigenvalue weighted by atomic mass is 16.5. The maximum absolute atomic E-state index is 12.3. The Morgan fingerprint density at radius 2 is 2.15 bits per heavy atom. The van der Waals surface area contributed by atoms with Crippen LogP contribution in [0, 0.1) is 0 Å². The number of methoxy groups -OCH3 is 1. The number of carbonyl (C=O) groups excluding carboxylic acids is 2. The zero-order chi connectivity index (χ0) is 18.4. The van der Waals surface area contributed by atoms with Crippen molar-refractivity contribution in [1.29, 1.82) is 0 Å². The van der Waals surface area contributed by atoms with Gasteiger partial charge in [-0.05, 0) is 43.2 Å². The van der Waals surface area contributed by atoms with Gasteiger partial charge < -0.3 is 20.1 Å². The van der Waals surface area contributed by atoms with Crippen LogP contribution in [0.25, 0.3) is 0 Å². The number of benzene rings is 1. The summed E-state index contributed by atoms with van der Waals surface area (Å²) < 4.78 is 10.2. The number of nitrogens with one attached hydrogen (secondary N) is 2. The highest BCUT2D eigenvalue weighted by molar-refractivity contribution is 6.03. The van der Waals surface area contributed by atoms with E-state index in [-0.39, 0.29) is 11.8 Å². The molecular weight excluding hydrogens is 336 g/mol. The SMILES string of the molecule is COC(=O)c1cccc(NC(=O)c2ccc(NCC3CCCO3)nn2)c1. The van der Waals surface area contributed by atoms with E-state index in [0.717, 1.165) is 19.4 Å². The van der Waals surface area contributed by atoms with Gasteiger partial charge >= 0.3 is 5.97 Å². The Morgan fingerprint density at radius 3 is 2.85 bits per heavy atom. The fraction of sp³-hybridized carbons (Fsp3) is 0.333. The summed E-state index contributed by atoms with van der Waals surface area (Å²) in [5.41, 5.74) is 1.00. The summed E-state index contributed by atoms with van der Waals surface area (Å²) >= 11 is 0. The van der Waals surface area contributed by atoms with Crippen LogP contribution in [0.15, 0.2) is 36.4 Å². The topological polar surface area (TPSA) is 102 Å². The number of nitrogens with zero attached hydrogens (tertiary/aromatic N) is 2. The van der Waals surface area contributed by atoms with Gasteiger partial charge in [-0.15, -0.1) is 10.2 Å². The molecule has 0 aliphatic carbocycles. The number of hydrogen-bond acceptors (Lipinski definition) is 7. The minimum atomic E-state index is -0.470. The molecule has 1 unspecified atom stereocenters. The lowest BCUT2D eigenvalue weighted by molar-refractivity contribution is 0.0600. The first kappa shape index (κ1) is 17.8. The predicted octanol–water partition coefficient (Wildman–Crippen LogP) is 2.11. The van der Waals surface area contributed by atoms with Crippen LogP contribution in [0.1, 0.15) is 33.7 Å². The molecule has 1 amide bonds. The van der Waals surface area contributed by atoms with E-state index >= 15 is 0 Å². The van der Waals surface area contributed by atoms with Gasteiger partial charge in [-0.2, -0.15) is 0 Å². The van der Waals surface area contributed by atoms with Crippen LogP contribution in [0.3, 0.4) is 0 Å². The van der Waals surface area contributed by atoms with Crippen LogP contribution in [-0.4, -0.2) is 48.4 Å². The van der Waals surface area contributed by atoms with Crippen molar-refractivity contribution in [3.05, 3.63) is 47.7 Å². The third-order valence-corrected chi connectivity index (χ3v) is 3.97. The van der Waals surface area contributed by atoms with Crippen LogP contribution in [0.4, 0.5) is 11.5 Å². The zero-order valence-electron chi connectivity index (χ0n) is 14.4. The first-order chi connectivity index (χ1) is 12.7. The van der Waals surface area contributed by atoms with Crippen LogP contribution in [-0.2, 0) is 9.47 Å². The molecule has 0 bridgehead atoms. The summed E-state index contributed by atoms with van der Waals surface area (Å²) in [5.74, 6) is -0.294. The molecule has 2 heterocycles. The number of esters is 1. The molecular formula is C18H20N4O4. The Labute approximate surface area is 150 Å². The second kappa shape index (κ2) is 8.39. The normalized spacial score (nSPS) is 16.1. The smallest absolute Gasteiger partial charge is 0.337 e.